The number of nitrogens with zero attached hydrogens (tertiary/aromatic N) is 1. The summed E-state index contributed by atoms with van der Waals surface area (Å²) in [5.41, 5.74) is 0.521. The van der Waals surface area contributed by atoms with Crippen molar-refractivity contribution in [2.75, 3.05) is 0 Å². The van der Waals surface area contributed by atoms with Crippen molar-refractivity contribution >= 4 is 11.7 Å². The highest BCUT2D eigenvalue weighted by Crippen LogP contribution is 2.21. The normalized spacial score (nSPS) is 12.1. The van der Waals surface area contributed by atoms with Crippen LogP contribution in [0.5, 0.6) is 0 Å². The highest BCUT2D eigenvalue weighted by Gasteiger charge is 2.10. The van der Waals surface area contributed by atoms with E-state index in [9.17, 15) is 20.0 Å². The van der Waals surface area contributed by atoms with Crippen LogP contribution in [-0.2, 0) is 4.79 Å². The zero-order chi connectivity index (χ0) is 12.8. The first-order valence-electron chi connectivity index (χ1n) is 5.15. The van der Waals surface area contributed by atoms with E-state index in [0.717, 1.165) is 0 Å². The number of hydrogen-bond donors (Lipinski definition) is 2. The summed E-state index contributed by atoms with van der Waals surface area (Å²) in [5.74, 6) is -0.902. The molecule has 1 aromatic rings. The van der Waals surface area contributed by atoms with E-state index in [1.165, 1.54) is 24.3 Å². The van der Waals surface area contributed by atoms with Gasteiger partial charge in [0.15, 0.2) is 0 Å². The van der Waals surface area contributed by atoms with E-state index in [0.29, 0.717) is 18.4 Å². The maximum atomic E-state index is 10.4. The number of benzene rings is 1. The van der Waals surface area contributed by atoms with Gasteiger partial charge in [0.2, 0.25) is 0 Å². The van der Waals surface area contributed by atoms with Crippen molar-refractivity contribution in [1.82, 2.24) is 0 Å². The fourth-order valence-corrected chi connectivity index (χ4v) is 1.43. The zero-order valence-electron chi connectivity index (χ0n) is 9.07. The lowest BCUT2D eigenvalue weighted by molar-refractivity contribution is -0.384. The zero-order valence-corrected chi connectivity index (χ0v) is 9.07. The Morgan fingerprint density at radius 1 is 1.35 bits per heavy atom. The molecule has 0 aliphatic carbocycles. The molecule has 0 aliphatic rings. The summed E-state index contributed by atoms with van der Waals surface area (Å²) >= 11 is 0. The first-order valence-corrected chi connectivity index (χ1v) is 5.15. The molecule has 92 valence electrons. The number of aliphatic hydroxyl groups excluding tert-OH is 1. The van der Waals surface area contributed by atoms with E-state index in [1.54, 1.807) is 0 Å². The van der Waals surface area contributed by atoms with Crippen LogP contribution in [0.4, 0.5) is 5.69 Å². The molecular weight excluding hydrogens is 226 g/mol. The molecule has 1 unspecified atom stereocenters. The Balaban J connectivity index is 2.54. The average Bonchev–Trinajstić information content (AvgIpc) is 2.28. The summed E-state index contributed by atoms with van der Waals surface area (Å²) in [6.45, 7) is 0. The van der Waals surface area contributed by atoms with E-state index in [4.69, 9.17) is 5.11 Å². The predicted octanol–water partition coefficient (Wildman–Crippen LogP) is 1.88. The molecule has 0 amide bonds. The molecule has 0 saturated carbocycles. The SMILES string of the molecule is O=C(O)CCCC(O)c1ccc([N+](=O)[O-])cc1. The number of carboxylic acid groups (broad SMARTS) is 1. The van der Waals surface area contributed by atoms with Crippen LogP contribution < -0.4 is 0 Å². The molecule has 0 fully saturated rings. The fraction of sp³-hybridized carbons (Fsp3) is 0.364. The Labute approximate surface area is 97.7 Å². The first-order chi connectivity index (χ1) is 8.00. The molecule has 0 radical (unpaired) electrons. The van der Waals surface area contributed by atoms with Crippen molar-refractivity contribution < 1.29 is 19.9 Å². The maximum Gasteiger partial charge on any atom is 0.303 e. The number of nitro benzene ring substituents is 1. The molecule has 1 atom stereocenters. The van der Waals surface area contributed by atoms with E-state index >= 15 is 0 Å². The monoisotopic (exact) mass is 239 g/mol. The Bertz CT molecular complexity index is 401. The van der Waals surface area contributed by atoms with E-state index in [-0.39, 0.29) is 12.1 Å². The lowest BCUT2D eigenvalue weighted by Gasteiger charge is -2.09. The van der Waals surface area contributed by atoms with Crippen LogP contribution in [0.1, 0.15) is 30.9 Å². The molecule has 0 spiro atoms. The molecular formula is C11H13NO5. The van der Waals surface area contributed by atoms with Gasteiger partial charge in [0.25, 0.3) is 5.69 Å². The van der Waals surface area contributed by atoms with Crippen molar-refractivity contribution in [2.45, 2.75) is 25.4 Å². The van der Waals surface area contributed by atoms with Crippen molar-refractivity contribution in [3.05, 3.63) is 39.9 Å². The van der Waals surface area contributed by atoms with Gasteiger partial charge in [0.05, 0.1) is 11.0 Å². The van der Waals surface area contributed by atoms with Gasteiger partial charge < -0.3 is 10.2 Å². The van der Waals surface area contributed by atoms with Crippen molar-refractivity contribution in [3.63, 3.8) is 0 Å². The molecule has 0 saturated heterocycles. The molecule has 17 heavy (non-hydrogen) atoms. The van der Waals surface area contributed by atoms with Crippen LogP contribution in [0.25, 0.3) is 0 Å². The molecule has 1 rings (SSSR count). The van der Waals surface area contributed by atoms with Crippen LogP contribution in [0.3, 0.4) is 0 Å². The molecule has 0 aliphatic heterocycles. The van der Waals surface area contributed by atoms with Crippen LogP contribution >= 0.6 is 0 Å². The first kappa shape index (κ1) is 13.1. The summed E-state index contributed by atoms with van der Waals surface area (Å²) in [6.07, 6.45) is -0.0862. The van der Waals surface area contributed by atoms with E-state index in [2.05, 4.69) is 0 Å². The van der Waals surface area contributed by atoms with Gasteiger partial charge in [0.1, 0.15) is 0 Å². The largest absolute Gasteiger partial charge is 0.481 e. The second-order valence-electron chi connectivity index (χ2n) is 3.65. The van der Waals surface area contributed by atoms with Crippen LogP contribution in [0, 0.1) is 10.1 Å². The maximum absolute atomic E-state index is 10.4. The van der Waals surface area contributed by atoms with Gasteiger partial charge in [-0.2, -0.15) is 0 Å². The smallest absolute Gasteiger partial charge is 0.303 e. The highest BCUT2D eigenvalue weighted by molar-refractivity contribution is 5.66. The molecule has 0 bridgehead atoms. The van der Waals surface area contributed by atoms with Gasteiger partial charge in [-0.15, -0.1) is 0 Å². The van der Waals surface area contributed by atoms with Crippen molar-refractivity contribution in [2.24, 2.45) is 0 Å². The summed E-state index contributed by atoms with van der Waals surface area (Å²) in [7, 11) is 0. The highest BCUT2D eigenvalue weighted by atomic mass is 16.6. The number of nitro groups is 1. The van der Waals surface area contributed by atoms with Gasteiger partial charge in [-0.25, -0.2) is 0 Å². The lowest BCUT2D eigenvalue weighted by atomic mass is 10.0. The Morgan fingerprint density at radius 2 is 1.94 bits per heavy atom. The second kappa shape index (κ2) is 5.95. The van der Waals surface area contributed by atoms with Crippen LogP contribution in [0.15, 0.2) is 24.3 Å². The number of carboxylic acids is 1. The summed E-state index contributed by atoms with van der Waals surface area (Å²) in [4.78, 5) is 20.2. The Hall–Kier alpha value is -1.95. The Kier molecular flexibility index (Phi) is 4.59. The number of rotatable bonds is 6. The predicted molar refractivity (Wildman–Crippen MR) is 59.5 cm³/mol. The summed E-state index contributed by atoms with van der Waals surface area (Å²) in [5, 5.41) is 28.5. The number of carbonyl (C=O) groups is 1. The fourth-order valence-electron chi connectivity index (χ4n) is 1.43. The quantitative estimate of drug-likeness (QED) is 0.583. The van der Waals surface area contributed by atoms with Gasteiger partial charge in [-0.05, 0) is 30.5 Å². The third-order valence-corrected chi connectivity index (χ3v) is 2.36. The third kappa shape index (κ3) is 4.20. The number of non-ortho nitro benzene ring substituents is 1. The van der Waals surface area contributed by atoms with Gasteiger partial charge in [-0.1, -0.05) is 0 Å². The Morgan fingerprint density at radius 3 is 2.41 bits per heavy atom. The average molecular weight is 239 g/mol. The molecule has 0 heterocycles. The topological polar surface area (TPSA) is 101 Å². The minimum atomic E-state index is -0.902. The molecule has 6 heteroatoms. The molecule has 2 N–H and O–H groups in total. The number of hydrogen-bond acceptors (Lipinski definition) is 4. The summed E-state index contributed by atoms with van der Waals surface area (Å²) in [6, 6.07) is 5.58. The number of aliphatic hydroxyl groups is 1. The van der Waals surface area contributed by atoms with Gasteiger partial charge in [-0.3, -0.25) is 14.9 Å². The van der Waals surface area contributed by atoms with Crippen LogP contribution in [0.2, 0.25) is 0 Å². The third-order valence-electron chi connectivity index (χ3n) is 2.36. The van der Waals surface area contributed by atoms with Gasteiger partial charge in [0, 0.05) is 18.6 Å². The van der Waals surface area contributed by atoms with Crippen molar-refractivity contribution in [1.29, 1.82) is 0 Å². The second-order valence-corrected chi connectivity index (χ2v) is 3.65. The van der Waals surface area contributed by atoms with Crippen LogP contribution in [-0.4, -0.2) is 21.1 Å². The molecule has 0 aromatic heterocycles. The minimum absolute atomic E-state index is 0.00401. The van der Waals surface area contributed by atoms with E-state index < -0.39 is 17.0 Å². The lowest BCUT2D eigenvalue weighted by Crippen LogP contribution is -2.00. The van der Waals surface area contributed by atoms with Crippen molar-refractivity contribution in [3.8, 4) is 0 Å². The van der Waals surface area contributed by atoms with E-state index in [1.807, 2.05) is 0 Å². The molecule has 6 nitrogen and oxygen atoms in total. The number of aliphatic carboxylic acids is 1. The standard InChI is InChI=1S/C11H13NO5/c13-10(2-1-3-11(14)15)8-4-6-9(7-5-8)12(16)17/h4-7,10,13H,1-3H2,(H,14,15). The van der Waals surface area contributed by atoms with Gasteiger partial charge >= 0.3 is 5.97 Å². The molecule has 1 aromatic carbocycles. The minimum Gasteiger partial charge on any atom is -0.481 e. The summed E-state index contributed by atoms with van der Waals surface area (Å²) < 4.78 is 0.